The van der Waals surface area contributed by atoms with Crippen molar-refractivity contribution >= 4 is 54.5 Å². The number of aliphatic carboxylic acids is 1. The lowest BCUT2D eigenvalue weighted by Crippen LogP contribution is -2.49. The van der Waals surface area contributed by atoms with Crippen LogP contribution in [0.4, 0.5) is 0 Å². The normalized spacial score (nSPS) is 12.7. The Hall–Kier alpha value is -4.07. The van der Waals surface area contributed by atoms with Crippen LogP contribution in [-0.2, 0) is 33.5 Å². The van der Waals surface area contributed by atoms with Crippen molar-refractivity contribution in [2.75, 3.05) is 26.2 Å². The molecule has 0 saturated carbocycles. The van der Waals surface area contributed by atoms with Gasteiger partial charge in [0.1, 0.15) is 12.1 Å². The number of nitrogens with one attached hydrogen (secondary N) is 2. The number of nitrogens with zero attached hydrogens (tertiary/aromatic N) is 4. The van der Waals surface area contributed by atoms with Crippen LogP contribution >= 0.6 is 0 Å². The third-order valence-corrected chi connectivity index (χ3v) is 6.76. The Bertz CT molecular complexity index is 1110. The number of amides is 2. The molecule has 0 rings (SSSR count). The molecule has 0 aromatic carbocycles. The molecular weight excluding hydrogens is 636 g/mol. The first-order valence-corrected chi connectivity index (χ1v) is 16.7. The van der Waals surface area contributed by atoms with E-state index in [9.17, 15) is 28.8 Å². The van der Waals surface area contributed by atoms with E-state index in [1.807, 2.05) is 27.7 Å². The molecule has 0 saturated heterocycles. The molecule has 0 spiro atoms. The second-order valence-corrected chi connectivity index (χ2v) is 11.9. The number of esters is 1. The van der Waals surface area contributed by atoms with Gasteiger partial charge >= 0.3 is 24.4 Å². The molecule has 2 amide bonds. The topological polar surface area (TPSA) is 262 Å². The van der Waals surface area contributed by atoms with Crippen LogP contribution in [0.5, 0.6) is 0 Å². The molecule has 0 unspecified atom stereocenters. The summed E-state index contributed by atoms with van der Waals surface area (Å²) in [7, 11) is 0. The van der Waals surface area contributed by atoms with E-state index in [1.165, 1.54) is 19.6 Å². The smallest absolute Gasteiger partial charge is 0.334 e. The van der Waals surface area contributed by atoms with Crippen molar-refractivity contribution in [3.63, 3.8) is 0 Å². The van der Waals surface area contributed by atoms with Crippen LogP contribution < -0.4 is 26.8 Å². The Morgan fingerprint density at radius 3 is 1.53 bits per heavy atom. The number of nitrogens with two attached hydrogens (primary N) is 2. The van der Waals surface area contributed by atoms with Gasteiger partial charge in [-0.15, -0.1) is 4.67 Å². The zero-order valence-electron chi connectivity index (χ0n) is 30.6. The highest BCUT2D eigenvalue weighted by molar-refractivity contribution is 6.27. The monoisotopic (exact) mass is 697 g/mol. The van der Waals surface area contributed by atoms with Crippen LogP contribution in [0.15, 0.2) is 0 Å². The molecule has 280 valence electrons. The third kappa shape index (κ3) is 27.6. The summed E-state index contributed by atoms with van der Waals surface area (Å²) in [6.07, 6.45) is 2.65. The van der Waals surface area contributed by atoms with Gasteiger partial charge in [-0.2, -0.15) is 4.79 Å². The largest absolute Gasteiger partial charge is 0.480 e. The maximum Gasteiger partial charge on any atom is 0.334 e. The molecule has 0 heterocycles. The first-order valence-electron chi connectivity index (χ1n) is 16.7. The Balaban J connectivity index is -0.000000725. The van der Waals surface area contributed by atoms with E-state index >= 15 is 0 Å². The van der Waals surface area contributed by atoms with Gasteiger partial charge in [-0.05, 0) is 64.1 Å². The van der Waals surface area contributed by atoms with Crippen LogP contribution in [0.1, 0.15) is 93.9 Å². The molecule has 4 atom stereocenters. The molecule has 16 heteroatoms. The zero-order valence-corrected chi connectivity index (χ0v) is 30.6. The van der Waals surface area contributed by atoms with Crippen molar-refractivity contribution in [1.82, 2.24) is 20.2 Å². The van der Waals surface area contributed by atoms with Gasteiger partial charge in [-0.25, -0.2) is 9.59 Å². The van der Waals surface area contributed by atoms with Gasteiger partial charge in [0.15, 0.2) is 0 Å². The van der Waals surface area contributed by atoms with Crippen LogP contribution in [0.2, 0.25) is 0 Å². The number of ether oxygens (including phenoxy) is 1. The highest BCUT2D eigenvalue weighted by Crippen LogP contribution is 2.06. The summed E-state index contributed by atoms with van der Waals surface area (Å²) in [5, 5.41) is 13.9. The summed E-state index contributed by atoms with van der Waals surface area (Å²) in [6.45, 7) is 22.8. The van der Waals surface area contributed by atoms with Gasteiger partial charge in [0.25, 0.3) is 6.72 Å². The van der Waals surface area contributed by atoms with Gasteiger partial charge in [0.05, 0.1) is 18.7 Å². The van der Waals surface area contributed by atoms with Gasteiger partial charge in [0, 0.05) is 12.8 Å². The molecular formula is C33H61N8O8+. The maximum atomic E-state index is 12.0. The predicted octanol–water partition coefficient (Wildman–Crippen LogP) is 0.523. The molecule has 0 aromatic heterocycles. The Morgan fingerprint density at radius 2 is 1.20 bits per heavy atom. The summed E-state index contributed by atoms with van der Waals surface area (Å²) in [4.78, 5) is 74.1. The average Bonchev–Trinajstić information content (AvgIpc) is 3.02. The molecule has 49 heavy (non-hydrogen) atoms. The fraction of sp³-hybridized carbons (Fsp3) is 0.727. The second-order valence-electron chi connectivity index (χ2n) is 11.9. The molecule has 0 aliphatic carbocycles. The SMILES string of the molecule is C=[N+]=CC(=O)CC[C@H](NC(=O)[C@@H](N)CC(C)C)C(=O)O.CCN(CC)CC.CCOC(=O)[C@H](CCC(=O)C=[N+]=[N-])NC(=O)[C@@H](N)CC(C)C. The minimum absolute atomic E-state index is 0.0136. The average molecular weight is 698 g/mol. The van der Waals surface area contributed by atoms with E-state index in [1.54, 1.807) is 6.92 Å². The van der Waals surface area contributed by atoms with Crippen molar-refractivity contribution in [1.29, 1.82) is 0 Å². The molecule has 0 bridgehead atoms. The number of ketones is 2. The van der Waals surface area contributed by atoms with E-state index in [0.29, 0.717) is 12.8 Å². The molecule has 0 aliphatic heterocycles. The number of carboxylic acid groups (broad SMARTS) is 1. The Labute approximate surface area is 291 Å². The lowest BCUT2D eigenvalue weighted by atomic mass is 10.0. The number of carbonyl (C=O) groups excluding carboxylic acids is 5. The quantitative estimate of drug-likeness (QED) is 0.0451. The molecule has 7 N–H and O–H groups in total. The van der Waals surface area contributed by atoms with Crippen LogP contribution in [0.25, 0.3) is 5.53 Å². The lowest BCUT2D eigenvalue weighted by Gasteiger charge is -2.20. The summed E-state index contributed by atoms with van der Waals surface area (Å²) < 4.78 is 8.17. The third-order valence-electron chi connectivity index (χ3n) is 6.76. The number of carbonyl (C=O) groups is 6. The number of Topliss-reactive ketones (excluding diaryl/α,β-unsaturated/α-hetero) is 2. The number of hydrogen-bond acceptors (Lipinski definition) is 10. The van der Waals surface area contributed by atoms with E-state index < -0.39 is 53.7 Å². The lowest BCUT2D eigenvalue weighted by molar-refractivity contribution is -0.148. The van der Waals surface area contributed by atoms with E-state index in [4.69, 9.17) is 26.8 Å². The first kappa shape index (κ1) is 49.3. The van der Waals surface area contributed by atoms with Gasteiger partial charge in [-0.3, -0.25) is 19.2 Å². The summed E-state index contributed by atoms with van der Waals surface area (Å²) in [6, 6.07) is -3.58. The predicted molar refractivity (Wildman–Crippen MR) is 190 cm³/mol. The minimum atomic E-state index is -1.20. The maximum absolute atomic E-state index is 12.0. The summed E-state index contributed by atoms with van der Waals surface area (Å²) >= 11 is 0. The second kappa shape index (κ2) is 30.0. The molecule has 0 aliphatic rings. The molecule has 0 fully saturated rings. The van der Waals surface area contributed by atoms with Crippen LogP contribution in [0.3, 0.4) is 0 Å². The van der Waals surface area contributed by atoms with Gasteiger partial charge in [-0.1, -0.05) is 48.5 Å². The minimum Gasteiger partial charge on any atom is -0.480 e. The van der Waals surface area contributed by atoms with Crippen molar-refractivity contribution < 1.29 is 43.4 Å². The van der Waals surface area contributed by atoms with Gasteiger partial charge in [0.2, 0.25) is 23.4 Å². The van der Waals surface area contributed by atoms with Crippen molar-refractivity contribution in [3.05, 3.63) is 5.53 Å². The Morgan fingerprint density at radius 1 is 0.796 bits per heavy atom. The Kier molecular flexibility index (Phi) is 30.2. The number of hydrogen-bond donors (Lipinski definition) is 5. The molecule has 16 nitrogen and oxygen atoms in total. The van der Waals surface area contributed by atoms with E-state index in [0.717, 1.165) is 12.4 Å². The van der Waals surface area contributed by atoms with E-state index in [2.05, 4.69) is 52.5 Å². The molecule has 0 aromatic rings. The number of rotatable bonds is 22. The zero-order chi connectivity index (χ0) is 38.5. The first-order chi connectivity index (χ1) is 22.9. The summed E-state index contributed by atoms with van der Waals surface area (Å²) in [5.41, 5.74) is 19.7. The fourth-order valence-corrected chi connectivity index (χ4v) is 4.08. The summed E-state index contributed by atoms with van der Waals surface area (Å²) in [5.74, 6) is -3.14. The van der Waals surface area contributed by atoms with Crippen LogP contribution in [0, 0.1) is 11.8 Å². The number of carboxylic acids is 1. The van der Waals surface area contributed by atoms with Crippen LogP contribution in [-0.4, -0.2) is 120 Å². The highest BCUT2D eigenvalue weighted by atomic mass is 16.5. The van der Waals surface area contributed by atoms with Gasteiger partial charge < -0.3 is 42.4 Å². The standard InChI is InChI=1S/C14H24N4O4.C13H21N3O4.C6H15N/c1-4-22-14(21)12(6-5-10(19)8-17-16)18-13(20)11(15)7-9(2)3;1-8(2)6-10(14)12(18)16-11(13(19)20)5-4-9(17)7-15-3;1-4-7(5-2)6-3/h8-9,11-12H,4-7,15H2,1-3H3,(H,18,20);7-8,10-11H,3-6,14H2,1-2H3,(H-,16,18,19,20);4-6H2,1-3H3/p+1/t11-,12-;10-,11-;/m00./s1. The van der Waals surface area contributed by atoms with E-state index in [-0.39, 0.29) is 49.9 Å². The van der Waals surface area contributed by atoms with Crippen molar-refractivity contribution in [3.8, 4) is 0 Å². The fourth-order valence-electron chi connectivity index (χ4n) is 4.08. The van der Waals surface area contributed by atoms with Crippen molar-refractivity contribution in [2.24, 2.45) is 23.3 Å². The highest BCUT2D eigenvalue weighted by Gasteiger charge is 2.26. The molecule has 0 radical (unpaired) electrons. The van der Waals surface area contributed by atoms with Crippen molar-refractivity contribution in [2.45, 2.75) is 118 Å².